The van der Waals surface area contributed by atoms with E-state index < -0.39 is 71.8 Å². The Bertz CT molecular complexity index is 1460. The summed E-state index contributed by atoms with van der Waals surface area (Å²) in [7, 11) is 1.44. The molecule has 0 saturated carbocycles. The minimum absolute atomic E-state index is 0.0221. The van der Waals surface area contributed by atoms with Crippen molar-refractivity contribution in [1.29, 1.82) is 0 Å². The molecule has 1 aromatic carbocycles. The predicted octanol–water partition coefficient (Wildman–Crippen LogP) is -0.192. The van der Waals surface area contributed by atoms with Crippen molar-refractivity contribution < 1.29 is 43.7 Å². The Hall–Kier alpha value is -4.15. The van der Waals surface area contributed by atoms with Gasteiger partial charge in [-0.3, -0.25) is 24.0 Å². The number of aromatic nitrogens is 1. The van der Waals surface area contributed by atoms with Crippen LogP contribution in [0.25, 0.3) is 10.9 Å². The number of carboxylic acids is 1. The Balaban J connectivity index is 2.11. The van der Waals surface area contributed by atoms with Crippen molar-refractivity contribution in [2.45, 2.75) is 88.3 Å². The van der Waals surface area contributed by atoms with E-state index in [1.807, 2.05) is 19.9 Å². The molecule has 1 aliphatic heterocycles. The maximum absolute atomic E-state index is 13.9. The van der Waals surface area contributed by atoms with Gasteiger partial charge in [0.2, 0.25) is 29.5 Å². The van der Waals surface area contributed by atoms with Gasteiger partial charge in [0.1, 0.15) is 30.2 Å². The van der Waals surface area contributed by atoms with Gasteiger partial charge in [0.25, 0.3) is 0 Å². The lowest BCUT2D eigenvalue weighted by atomic mass is 10.0. The van der Waals surface area contributed by atoms with Crippen LogP contribution in [-0.2, 0) is 39.9 Å². The van der Waals surface area contributed by atoms with Crippen LogP contribution in [0.3, 0.4) is 0 Å². The molecule has 0 fully saturated rings. The van der Waals surface area contributed by atoms with Crippen molar-refractivity contribution in [2.75, 3.05) is 19.5 Å². The second-order valence-electron chi connectivity index (χ2n) is 11.9. The molecule has 2 heterocycles. The SMILES string of the molecule is COCCC(=O)N[C@H]1Cc2c([nH]c3ccccc23)SC[C@@H](C(=O)O)NC(=O)[C@H]([C@@H](C)O)NC(=O)[C@@H](C)NC(=O)[C@H](CC(C)C)NC1=O. The number of nitrogens with one attached hydrogen (secondary N) is 6. The highest BCUT2D eigenvalue weighted by atomic mass is 32.2. The van der Waals surface area contributed by atoms with E-state index in [4.69, 9.17) is 4.74 Å². The van der Waals surface area contributed by atoms with Crippen LogP contribution in [0.5, 0.6) is 0 Å². The third-order valence-corrected chi connectivity index (χ3v) is 8.67. The van der Waals surface area contributed by atoms with Crippen molar-refractivity contribution in [3.05, 3.63) is 29.8 Å². The fraction of sp³-hybridized carbons (Fsp3) is 0.548. The first kappa shape index (κ1) is 37.3. The summed E-state index contributed by atoms with van der Waals surface area (Å²) < 4.78 is 5.01. The standard InChI is InChI=1S/C31H44N6O9S/c1-15(2)12-21-27(41)32-16(3)26(40)37-25(17(4)38)29(43)35-23(31(44)45)14-47-30-19(18-8-6-7-9-20(18)36-30)13-22(28(42)34-21)33-24(39)10-11-46-5/h6-9,15-17,21-23,25,36,38H,10-14H2,1-5H3,(H,32,41)(H,33,39)(H,34,42)(H,35,43)(H,37,40)(H,44,45)/t16-,17-,21+,22+,23+,25+/m1/s1. The van der Waals surface area contributed by atoms with Gasteiger partial charge in [-0.05, 0) is 37.8 Å². The zero-order chi connectivity index (χ0) is 34.8. The third kappa shape index (κ3) is 10.4. The molecular weight excluding hydrogens is 632 g/mol. The number of thioether (sulfide) groups is 1. The predicted molar refractivity (Wildman–Crippen MR) is 173 cm³/mol. The van der Waals surface area contributed by atoms with Gasteiger partial charge in [-0.2, -0.15) is 0 Å². The highest BCUT2D eigenvalue weighted by molar-refractivity contribution is 7.99. The number of H-pyrrole nitrogens is 1. The minimum Gasteiger partial charge on any atom is -0.480 e. The van der Waals surface area contributed by atoms with Gasteiger partial charge in [0.15, 0.2) is 0 Å². The molecule has 3 rings (SSSR count). The third-order valence-electron chi connectivity index (χ3n) is 7.53. The normalized spacial score (nSPS) is 24.2. The summed E-state index contributed by atoms with van der Waals surface area (Å²) in [5, 5.41) is 34.3. The number of ether oxygens (including phenoxy) is 1. The monoisotopic (exact) mass is 676 g/mol. The molecule has 0 unspecified atom stereocenters. The number of aliphatic hydroxyl groups is 1. The molecule has 1 aromatic heterocycles. The van der Waals surface area contributed by atoms with Crippen LogP contribution in [0.2, 0.25) is 0 Å². The van der Waals surface area contributed by atoms with Crippen molar-refractivity contribution in [1.82, 2.24) is 31.6 Å². The Labute approximate surface area is 276 Å². The highest BCUT2D eigenvalue weighted by Crippen LogP contribution is 2.31. The van der Waals surface area contributed by atoms with E-state index >= 15 is 0 Å². The molecule has 1 aliphatic rings. The number of methoxy groups -OCH3 is 1. The highest BCUT2D eigenvalue weighted by Gasteiger charge is 2.34. The number of aliphatic carboxylic acids is 1. The summed E-state index contributed by atoms with van der Waals surface area (Å²) in [5.74, 6) is -5.09. The topological polar surface area (TPSA) is 228 Å². The van der Waals surface area contributed by atoms with Gasteiger partial charge < -0.3 is 46.5 Å². The van der Waals surface area contributed by atoms with E-state index in [-0.39, 0.29) is 37.5 Å². The Morgan fingerprint density at radius 2 is 1.70 bits per heavy atom. The molecular formula is C31H44N6O9S. The van der Waals surface area contributed by atoms with E-state index in [0.717, 1.165) is 17.1 Å². The van der Waals surface area contributed by atoms with Crippen LogP contribution < -0.4 is 26.6 Å². The number of para-hydroxylation sites is 1. The van der Waals surface area contributed by atoms with Crippen LogP contribution in [-0.4, -0.2) is 106 Å². The molecule has 0 aliphatic carbocycles. The number of amides is 5. The van der Waals surface area contributed by atoms with E-state index in [9.17, 15) is 39.0 Å². The largest absolute Gasteiger partial charge is 0.480 e. The van der Waals surface area contributed by atoms with Crippen molar-refractivity contribution in [3.8, 4) is 0 Å². The summed E-state index contributed by atoms with van der Waals surface area (Å²) in [6.45, 7) is 6.46. The van der Waals surface area contributed by atoms with Crippen molar-refractivity contribution in [2.24, 2.45) is 5.92 Å². The first-order chi connectivity index (χ1) is 22.2. The van der Waals surface area contributed by atoms with Crippen molar-refractivity contribution >= 4 is 58.2 Å². The van der Waals surface area contributed by atoms with Crippen molar-refractivity contribution in [3.63, 3.8) is 0 Å². The molecule has 47 heavy (non-hydrogen) atoms. The Kier molecular flexibility index (Phi) is 13.6. The maximum atomic E-state index is 13.9. The molecule has 16 heteroatoms. The number of carboxylic acid groups (broad SMARTS) is 1. The van der Waals surface area contributed by atoms with Crippen LogP contribution in [0, 0.1) is 5.92 Å². The number of rotatable bonds is 8. The number of aromatic amines is 1. The summed E-state index contributed by atoms with van der Waals surface area (Å²) in [4.78, 5) is 81.8. The van der Waals surface area contributed by atoms with Crippen LogP contribution in [0.15, 0.2) is 29.3 Å². The minimum atomic E-state index is -1.52. The fourth-order valence-corrected chi connectivity index (χ4v) is 6.13. The second kappa shape index (κ2) is 17.1. The van der Waals surface area contributed by atoms with Gasteiger partial charge in [-0.15, -0.1) is 11.8 Å². The van der Waals surface area contributed by atoms with Gasteiger partial charge in [-0.1, -0.05) is 32.0 Å². The number of hydrogen-bond acceptors (Lipinski definition) is 9. The average molecular weight is 677 g/mol. The quantitative estimate of drug-likeness (QED) is 0.184. The molecule has 6 atom stereocenters. The average Bonchev–Trinajstić information content (AvgIpc) is 3.35. The molecule has 0 bridgehead atoms. The summed E-state index contributed by atoms with van der Waals surface area (Å²) in [6.07, 6.45) is -1.25. The van der Waals surface area contributed by atoms with E-state index in [0.29, 0.717) is 16.1 Å². The lowest BCUT2D eigenvalue weighted by molar-refractivity contribution is -0.142. The van der Waals surface area contributed by atoms with Gasteiger partial charge in [-0.25, -0.2) is 4.79 Å². The molecule has 258 valence electrons. The second-order valence-corrected chi connectivity index (χ2v) is 12.9. The fourth-order valence-electron chi connectivity index (χ4n) is 5.02. The van der Waals surface area contributed by atoms with Gasteiger partial charge in [0.05, 0.1) is 17.7 Å². The lowest BCUT2D eigenvalue weighted by Crippen LogP contribution is -2.60. The molecule has 0 radical (unpaired) electrons. The van der Waals surface area contributed by atoms with Crippen LogP contribution >= 0.6 is 11.8 Å². The maximum Gasteiger partial charge on any atom is 0.327 e. The summed E-state index contributed by atoms with van der Waals surface area (Å²) in [6, 6.07) is 0.828. The molecule has 0 saturated heterocycles. The Morgan fingerprint density at radius 1 is 1.00 bits per heavy atom. The summed E-state index contributed by atoms with van der Waals surface area (Å²) in [5.41, 5.74) is 1.31. The number of carbonyl (C=O) groups excluding carboxylic acids is 5. The van der Waals surface area contributed by atoms with Crippen LogP contribution in [0.4, 0.5) is 0 Å². The number of fused-ring (bicyclic) bond motifs is 3. The number of hydrogen-bond donors (Lipinski definition) is 8. The lowest BCUT2D eigenvalue weighted by Gasteiger charge is -2.27. The summed E-state index contributed by atoms with van der Waals surface area (Å²) >= 11 is 1.08. The smallest absolute Gasteiger partial charge is 0.327 e. The van der Waals surface area contributed by atoms with E-state index in [1.165, 1.54) is 21.0 Å². The first-order valence-electron chi connectivity index (χ1n) is 15.3. The Morgan fingerprint density at radius 3 is 2.34 bits per heavy atom. The number of benzene rings is 1. The molecule has 2 aromatic rings. The first-order valence-corrected chi connectivity index (χ1v) is 16.3. The van der Waals surface area contributed by atoms with Crippen LogP contribution in [0.1, 0.15) is 46.1 Å². The molecule has 15 nitrogen and oxygen atoms in total. The molecule has 0 spiro atoms. The van der Waals surface area contributed by atoms with E-state index in [1.54, 1.807) is 18.2 Å². The molecule has 5 amide bonds. The zero-order valence-electron chi connectivity index (χ0n) is 27.0. The van der Waals surface area contributed by atoms with Gasteiger partial charge in [0, 0.05) is 36.6 Å². The van der Waals surface area contributed by atoms with Gasteiger partial charge >= 0.3 is 5.97 Å². The number of carbonyl (C=O) groups is 6. The van der Waals surface area contributed by atoms with E-state index in [2.05, 4.69) is 31.6 Å². The molecule has 8 N–H and O–H groups in total. The number of aliphatic hydroxyl groups excluding tert-OH is 1. The zero-order valence-corrected chi connectivity index (χ0v) is 27.9.